The molecule has 0 aromatic carbocycles. The van der Waals surface area contributed by atoms with Gasteiger partial charge in [-0.05, 0) is 40.8 Å². The number of likely N-dealkylation sites (tertiary alicyclic amines) is 1. The fourth-order valence-corrected chi connectivity index (χ4v) is 1.37. The molecule has 12 heavy (non-hydrogen) atoms. The Morgan fingerprint density at radius 1 is 1.33 bits per heavy atom. The van der Waals surface area contributed by atoms with Crippen molar-refractivity contribution in [1.82, 2.24) is 4.90 Å². The first-order valence-corrected chi connectivity index (χ1v) is 4.68. The molecule has 0 N–H and O–H groups in total. The first kappa shape index (κ1) is 9.61. The molecule has 1 fully saturated rings. The van der Waals surface area contributed by atoms with Gasteiger partial charge in [-0.3, -0.25) is 0 Å². The Labute approximate surface area is 76.1 Å². The SMILES string of the molecule is CN1CCC(C#CC(C)(C)C)C1. The van der Waals surface area contributed by atoms with Gasteiger partial charge in [0.05, 0.1) is 0 Å². The van der Waals surface area contributed by atoms with E-state index in [2.05, 4.69) is 44.6 Å². The van der Waals surface area contributed by atoms with Crippen LogP contribution in [0.25, 0.3) is 0 Å². The second-order valence-corrected chi connectivity index (χ2v) is 4.77. The highest BCUT2D eigenvalue weighted by atomic mass is 15.1. The molecule has 0 amide bonds. The van der Waals surface area contributed by atoms with E-state index in [1.807, 2.05) is 0 Å². The van der Waals surface area contributed by atoms with Crippen molar-refractivity contribution in [3.8, 4) is 11.8 Å². The lowest BCUT2D eigenvalue weighted by atomic mass is 9.96. The number of hydrogen-bond acceptors (Lipinski definition) is 1. The van der Waals surface area contributed by atoms with E-state index >= 15 is 0 Å². The Balaban J connectivity index is 2.45. The van der Waals surface area contributed by atoms with Crippen LogP contribution in [0.15, 0.2) is 0 Å². The van der Waals surface area contributed by atoms with Crippen molar-refractivity contribution in [2.75, 3.05) is 20.1 Å². The molecule has 0 radical (unpaired) electrons. The predicted molar refractivity (Wildman–Crippen MR) is 52.8 cm³/mol. The molecule has 1 nitrogen and oxygen atoms in total. The van der Waals surface area contributed by atoms with Crippen molar-refractivity contribution in [3.05, 3.63) is 0 Å². The van der Waals surface area contributed by atoms with Crippen LogP contribution in [0.4, 0.5) is 0 Å². The Morgan fingerprint density at radius 2 is 2.00 bits per heavy atom. The summed E-state index contributed by atoms with van der Waals surface area (Å²) in [6, 6.07) is 0. The summed E-state index contributed by atoms with van der Waals surface area (Å²) < 4.78 is 0. The summed E-state index contributed by atoms with van der Waals surface area (Å²) in [5.41, 5.74) is 0.168. The lowest BCUT2D eigenvalue weighted by molar-refractivity contribution is 0.409. The zero-order valence-electron chi connectivity index (χ0n) is 8.65. The van der Waals surface area contributed by atoms with Gasteiger partial charge >= 0.3 is 0 Å². The van der Waals surface area contributed by atoms with Crippen LogP contribution in [-0.4, -0.2) is 25.0 Å². The van der Waals surface area contributed by atoms with Gasteiger partial charge in [-0.25, -0.2) is 0 Å². The van der Waals surface area contributed by atoms with Gasteiger partial charge in [-0.2, -0.15) is 0 Å². The quantitative estimate of drug-likeness (QED) is 0.496. The van der Waals surface area contributed by atoms with Crippen molar-refractivity contribution in [1.29, 1.82) is 0 Å². The van der Waals surface area contributed by atoms with E-state index in [0.29, 0.717) is 5.92 Å². The van der Waals surface area contributed by atoms with Gasteiger partial charge in [-0.1, -0.05) is 11.8 Å². The standard InChI is InChI=1S/C11H19N/c1-11(2,3)7-5-10-6-8-12(4)9-10/h10H,6,8-9H2,1-4H3. The maximum atomic E-state index is 3.36. The average molecular weight is 165 g/mol. The largest absolute Gasteiger partial charge is 0.305 e. The molecule has 0 saturated carbocycles. The molecular formula is C11H19N. The maximum Gasteiger partial charge on any atom is 0.0342 e. The van der Waals surface area contributed by atoms with Gasteiger partial charge in [0, 0.05) is 17.9 Å². The van der Waals surface area contributed by atoms with Crippen LogP contribution in [0.3, 0.4) is 0 Å². The fourth-order valence-electron chi connectivity index (χ4n) is 1.37. The molecule has 1 aliphatic heterocycles. The summed E-state index contributed by atoms with van der Waals surface area (Å²) in [6.07, 6.45) is 1.25. The highest BCUT2D eigenvalue weighted by molar-refractivity contribution is 5.11. The molecule has 1 atom stereocenters. The minimum absolute atomic E-state index is 0.168. The third-order valence-electron chi connectivity index (χ3n) is 2.04. The predicted octanol–water partition coefficient (Wildman–Crippen LogP) is 1.99. The molecule has 1 heterocycles. The Kier molecular flexibility index (Phi) is 2.80. The van der Waals surface area contributed by atoms with Crippen molar-refractivity contribution >= 4 is 0 Å². The molecule has 1 unspecified atom stereocenters. The highest BCUT2D eigenvalue weighted by Gasteiger charge is 2.17. The van der Waals surface area contributed by atoms with E-state index in [1.54, 1.807) is 0 Å². The fraction of sp³-hybridized carbons (Fsp3) is 0.818. The molecule has 1 heteroatoms. The van der Waals surface area contributed by atoms with Gasteiger partial charge in [0.15, 0.2) is 0 Å². The van der Waals surface area contributed by atoms with Gasteiger partial charge in [0.25, 0.3) is 0 Å². The molecule has 68 valence electrons. The van der Waals surface area contributed by atoms with Crippen LogP contribution < -0.4 is 0 Å². The van der Waals surface area contributed by atoms with Gasteiger partial charge in [0.1, 0.15) is 0 Å². The lowest BCUT2D eigenvalue weighted by Gasteiger charge is -2.08. The zero-order chi connectivity index (χ0) is 9.19. The molecular weight excluding hydrogens is 146 g/mol. The van der Waals surface area contributed by atoms with Crippen molar-refractivity contribution in [3.63, 3.8) is 0 Å². The minimum atomic E-state index is 0.168. The van der Waals surface area contributed by atoms with Crippen molar-refractivity contribution in [2.24, 2.45) is 11.3 Å². The number of hydrogen-bond donors (Lipinski definition) is 0. The minimum Gasteiger partial charge on any atom is -0.305 e. The lowest BCUT2D eigenvalue weighted by Crippen LogP contribution is -2.13. The summed E-state index contributed by atoms with van der Waals surface area (Å²) in [7, 11) is 2.17. The van der Waals surface area contributed by atoms with Crippen LogP contribution >= 0.6 is 0 Å². The molecule has 0 aliphatic carbocycles. The summed E-state index contributed by atoms with van der Waals surface area (Å²) in [5.74, 6) is 7.29. The second kappa shape index (κ2) is 3.49. The zero-order valence-corrected chi connectivity index (χ0v) is 8.65. The van der Waals surface area contributed by atoms with E-state index in [0.717, 1.165) is 6.54 Å². The molecule has 0 spiro atoms. The molecule has 1 rings (SSSR count). The van der Waals surface area contributed by atoms with Crippen LogP contribution in [-0.2, 0) is 0 Å². The number of rotatable bonds is 0. The van der Waals surface area contributed by atoms with Gasteiger partial charge in [0.2, 0.25) is 0 Å². The van der Waals surface area contributed by atoms with Crippen LogP contribution in [0.5, 0.6) is 0 Å². The molecule has 1 saturated heterocycles. The third kappa shape index (κ3) is 3.28. The summed E-state index contributed by atoms with van der Waals surface area (Å²) in [6.45, 7) is 8.86. The smallest absolute Gasteiger partial charge is 0.0342 e. The molecule has 0 bridgehead atoms. The first-order chi connectivity index (χ1) is 5.47. The summed E-state index contributed by atoms with van der Waals surface area (Å²) in [4.78, 5) is 2.35. The maximum absolute atomic E-state index is 3.36. The Hall–Kier alpha value is -0.480. The Bertz CT molecular complexity index is 201. The van der Waals surface area contributed by atoms with E-state index in [9.17, 15) is 0 Å². The Morgan fingerprint density at radius 3 is 2.42 bits per heavy atom. The average Bonchev–Trinajstić information content (AvgIpc) is 2.30. The number of nitrogens with zero attached hydrogens (tertiary/aromatic N) is 1. The van der Waals surface area contributed by atoms with Gasteiger partial charge < -0.3 is 4.90 Å². The first-order valence-electron chi connectivity index (χ1n) is 4.68. The van der Waals surface area contributed by atoms with E-state index in [4.69, 9.17) is 0 Å². The molecule has 1 aliphatic rings. The van der Waals surface area contributed by atoms with E-state index < -0.39 is 0 Å². The highest BCUT2D eigenvalue weighted by Crippen LogP contribution is 2.15. The van der Waals surface area contributed by atoms with Gasteiger partial charge in [-0.15, -0.1) is 0 Å². The summed E-state index contributed by atoms with van der Waals surface area (Å²) >= 11 is 0. The monoisotopic (exact) mass is 165 g/mol. The van der Waals surface area contributed by atoms with Crippen LogP contribution in [0, 0.1) is 23.2 Å². The normalized spacial score (nSPS) is 25.2. The van der Waals surface area contributed by atoms with E-state index in [1.165, 1.54) is 13.0 Å². The summed E-state index contributed by atoms with van der Waals surface area (Å²) in [5, 5.41) is 0. The van der Waals surface area contributed by atoms with E-state index in [-0.39, 0.29) is 5.41 Å². The second-order valence-electron chi connectivity index (χ2n) is 4.77. The molecule has 0 aromatic rings. The topological polar surface area (TPSA) is 3.24 Å². The van der Waals surface area contributed by atoms with Crippen LogP contribution in [0.1, 0.15) is 27.2 Å². The van der Waals surface area contributed by atoms with Crippen molar-refractivity contribution < 1.29 is 0 Å². The molecule has 0 aromatic heterocycles. The van der Waals surface area contributed by atoms with Crippen molar-refractivity contribution in [2.45, 2.75) is 27.2 Å². The third-order valence-corrected chi connectivity index (χ3v) is 2.04. The van der Waals surface area contributed by atoms with Crippen LogP contribution in [0.2, 0.25) is 0 Å².